The van der Waals surface area contributed by atoms with Crippen LogP contribution in [-0.2, 0) is 6.42 Å². The zero-order valence-electron chi connectivity index (χ0n) is 38.3. The first-order chi connectivity index (χ1) is 29.3. The van der Waals surface area contributed by atoms with Gasteiger partial charge in [-0.3, -0.25) is 4.99 Å². The van der Waals surface area contributed by atoms with E-state index in [1.54, 1.807) is 0 Å². The molecule has 310 valence electrons. The average Bonchev–Trinajstić information content (AvgIpc) is 3.28. The quantitative estimate of drug-likeness (QED) is 0.0743. The number of hydrogen-bond acceptors (Lipinski definition) is 1. The Labute approximate surface area is 364 Å². The van der Waals surface area contributed by atoms with Gasteiger partial charge in [-0.25, -0.2) is 0 Å². The van der Waals surface area contributed by atoms with Crippen LogP contribution in [-0.4, -0.2) is 12.8 Å². The standard InChI is InChI=1S/C40H41N.C8H10.C7H8.C2H6.C2H4/c1-8-14-28(15-9-2)32(10-3)33-18-12-19-34(27(33)6)35-20-13-21-36-38-25-30(22-23-37(38)39(35)36)29-16-11-17-31(24-29)40(41-7)26(4)5;1-2-8-6-4-3-5-7-8;1-7-5-3-2-4-6-7;2*1-2/h8,10-14,16-26H,3,9,15H2,1-2,4-7H3;3-7H,2H2,1H3;2-6H,1H3;1-2H3;1-2H2/b14-8-,32-28-,41-40?;;;;. The second-order valence-electron chi connectivity index (χ2n) is 14.7. The molecule has 6 aromatic rings. The Morgan fingerprint density at radius 1 is 0.650 bits per heavy atom. The van der Waals surface area contributed by atoms with Crippen LogP contribution < -0.4 is 0 Å². The Hall–Kier alpha value is -6.05. The molecule has 1 nitrogen and oxygen atoms in total. The number of fused-ring (bicyclic) bond motifs is 4. The number of benzene rings is 6. The lowest BCUT2D eigenvalue weighted by molar-refractivity contribution is 0.882. The molecule has 60 heavy (non-hydrogen) atoms. The van der Waals surface area contributed by atoms with Crippen LogP contribution in [0.5, 0.6) is 0 Å². The van der Waals surface area contributed by atoms with Crippen LogP contribution in [0.25, 0.3) is 50.1 Å². The lowest BCUT2D eigenvalue weighted by Crippen LogP contribution is -2.09. The maximum Gasteiger partial charge on any atom is 0.0442 e. The Morgan fingerprint density at radius 2 is 1.23 bits per heavy atom. The van der Waals surface area contributed by atoms with Crippen molar-refractivity contribution >= 4 is 11.3 Å². The highest BCUT2D eigenvalue weighted by atomic mass is 14.7. The largest absolute Gasteiger partial charge is 0.292 e. The van der Waals surface area contributed by atoms with Crippen LogP contribution in [0.2, 0.25) is 0 Å². The molecular formula is C59H69N. The van der Waals surface area contributed by atoms with Gasteiger partial charge in [-0.15, -0.1) is 13.2 Å². The van der Waals surface area contributed by atoms with E-state index in [0.29, 0.717) is 5.92 Å². The van der Waals surface area contributed by atoms with E-state index in [1.165, 1.54) is 83.5 Å². The lowest BCUT2D eigenvalue weighted by Gasteiger charge is -2.28. The van der Waals surface area contributed by atoms with E-state index < -0.39 is 0 Å². The molecule has 6 aromatic carbocycles. The Morgan fingerprint density at radius 3 is 1.77 bits per heavy atom. The van der Waals surface area contributed by atoms with Crippen molar-refractivity contribution in [3.63, 3.8) is 0 Å². The topological polar surface area (TPSA) is 12.4 Å². The SMILES string of the molecule is C=C.C=C/C(=C(\C=C/C)CCC)c1cccc(-c2cccc3c2-c2ccc(-c4cccc(C(=NC)C(C)C)c4)cc2-3)c1C.CC.CCc1ccccc1.Cc1ccccc1. The molecule has 0 saturated heterocycles. The smallest absolute Gasteiger partial charge is 0.0442 e. The van der Waals surface area contributed by atoms with Crippen LogP contribution in [0.3, 0.4) is 0 Å². The molecule has 1 aliphatic rings. The van der Waals surface area contributed by atoms with Gasteiger partial charge in [0.15, 0.2) is 0 Å². The van der Waals surface area contributed by atoms with E-state index in [0.717, 1.165) is 25.0 Å². The van der Waals surface area contributed by atoms with Gasteiger partial charge in [0.2, 0.25) is 0 Å². The highest BCUT2D eigenvalue weighted by Gasteiger charge is 2.27. The van der Waals surface area contributed by atoms with Crippen molar-refractivity contribution in [3.05, 3.63) is 211 Å². The van der Waals surface area contributed by atoms with Gasteiger partial charge in [-0.1, -0.05) is 206 Å². The van der Waals surface area contributed by atoms with Crippen molar-refractivity contribution in [1.82, 2.24) is 0 Å². The lowest BCUT2D eigenvalue weighted by atomic mass is 9.74. The van der Waals surface area contributed by atoms with Crippen molar-refractivity contribution in [2.24, 2.45) is 10.9 Å². The number of allylic oxidation sites excluding steroid dienone is 5. The van der Waals surface area contributed by atoms with Gasteiger partial charge in [0.25, 0.3) is 0 Å². The van der Waals surface area contributed by atoms with Crippen LogP contribution in [0.1, 0.15) is 89.1 Å². The first kappa shape index (κ1) is 48.3. The van der Waals surface area contributed by atoms with Crippen LogP contribution in [0.4, 0.5) is 0 Å². The number of aliphatic imine (C=N–C) groups is 1. The van der Waals surface area contributed by atoms with Crippen molar-refractivity contribution in [1.29, 1.82) is 0 Å². The minimum atomic E-state index is 0.388. The summed E-state index contributed by atoms with van der Waals surface area (Å²) in [5, 5.41) is 0. The van der Waals surface area contributed by atoms with Crippen LogP contribution in [0, 0.1) is 19.8 Å². The fourth-order valence-corrected chi connectivity index (χ4v) is 7.63. The molecule has 0 N–H and O–H groups in total. The van der Waals surface area contributed by atoms with E-state index in [-0.39, 0.29) is 0 Å². The average molecular weight is 792 g/mol. The molecule has 0 bridgehead atoms. The van der Waals surface area contributed by atoms with E-state index in [1.807, 2.05) is 51.2 Å². The summed E-state index contributed by atoms with van der Waals surface area (Å²) in [6.45, 7) is 29.4. The normalized spacial score (nSPS) is 11.3. The van der Waals surface area contributed by atoms with Crippen molar-refractivity contribution in [2.75, 3.05) is 7.05 Å². The summed E-state index contributed by atoms with van der Waals surface area (Å²) in [5.74, 6) is 0.388. The van der Waals surface area contributed by atoms with Gasteiger partial charge in [-0.05, 0) is 130 Å². The van der Waals surface area contributed by atoms with E-state index in [2.05, 4.69) is 201 Å². The number of nitrogens with zero attached hydrogens (tertiary/aromatic N) is 1. The third-order valence-electron chi connectivity index (χ3n) is 10.5. The zero-order chi connectivity index (χ0) is 44.0. The summed E-state index contributed by atoms with van der Waals surface area (Å²) in [5.41, 5.74) is 20.6. The summed E-state index contributed by atoms with van der Waals surface area (Å²) in [7, 11) is 1.89. The third kappa shape index (κ3) is 12.2. The molecule has 0 amide bonds. The van der Waals surface area contributed by atoms with Crippen LogP contribution in [0.15, 0.2) is 188 Å². The van der Waals surface area contributed by atoms with Gasteiger partial charge in [0, 0.05) is 12.8 Å². The molecule has 1 heteroatoms. The minimum absolute atomic E-state index is 0.388. The molecule has 0 atom stereocenters. The minimum Gasteiger partial charge on any atom is -0.292 e. The molecule has 0 heterocycles. The molecule has 0 fully saturated rings. The van der Waals surface area contributed by atoms with Gasteiger partial charge in [0.05, 0.1) is 0 Å². The number of hydrogen-bond donors (Lipinski definition) is 0. The van der Waals surface area contributed by atoms with Gasteiger partial charge in [0.1, 0.15) is 0 Å². The summed E-state index contributed by atoms with van der Waals surface area (Å²) in [4.78, 5) is 4.57. The van der Waals surface area contributed by atoms with E-state index >= 15 is 0 Å². The Bertz CT molecular complexity index is 2330. The highest BCUT2D eigenvalue weighted by molar-refractivity contribution is 6.10. The summed E-state index contributed by atoms with van der Waals surface area (Å²) < 4.78 is 0. The predicted octanol–water partition coefficient (Wildman–Crippen LogP) is 17.4. The summed E-state index contributed by atoms with van der Waals surface area (Å²) in [6, 6.07) is 49.9. The van der Waals surface area contributed by atoms with E-state index in [9.17, 15) is 0 Å². The molecule has 0 aromatic heterocycles. The van der Waals surface area contributed by atoms with Gasteiger partial charge in [-0.2, -0.15) is 0 Å². The van der Waals surface area contributed by atoms with Gasteiger partial charge >= 0.3 is 0 Å². The molecule has 0 radical (unpaired) electrons. The zero-order valence-corrected chi connectivity index (χ0v) is 38.3. The predicted molar refractivity (Wildman–Crippen MR) is 270 cm³/mol. The van der Waals surface area contributed by atoms with E-state index in [4.69, 9.17) is 0 Å². The van der Waals surface area contributed by atoms with Crippen molar-refractivity contribution in [3.8, 4) is 44.5 Å². The highest BCUT2D eigenvalue weighted by Crippen LogP contribution is 2.53. The molecule has 0 saturated carbocycles. The van der Waals surface area contributed by atoms with Crippen molar-refractivity contribution < 1.29 is 0 Å². The molecule has 7 rings (SSSR count). The third-order valence-corrected chi connectivity index (χ3v) is 10.5. The Kier molecular flexibility index (Phi) is 20.5. The fraction of sp³-hybridized carbons (Fsp3) is 0.237. The first-order valence-corrected chi connectivity index (χ1v) is 21.8. The number of rotatable bonds is 10. The molecule has 1 aliphatic carbocycles. The molecular weight excluding hydrogens is 723 g/mol. The summed E-state index contributed by atoms with van der Waals surface area (Å²) >= 11 is 0. The molecule has 0 unspecified atom stereocenters. The van der Waals surface area contributed by atoms with Crippen molar-refractivity contribution in [2.45, 2.75) is 81.6 Å². The van der Waals surface area contributed by atoms with Gasteiger partial charge < -0.3 is 0 Å². The monoisotopic (exact) mass is 792 g/mol. The second-order valence-corrected chi connectivity index (χ2v) is 14.7. The second kappa shape index (κ2) is 25.4. The Balaban J connectivity index is 0.000000417. The maximum absolute atomic E-state index is 4.57. The molecule has 0 spiro atoms. The number of aryl methyl sites for hydroxylation is 2. The summed E-state index contributed by atoms with van der Waals surface area (Å²) in [6.07, 6.45) is 9.69. The molecule has 0 aliphatic heterocycles. The fourth-order valence-electron chi connectivity index (χ4n) is 7.63. The maximum atomic E-state index is 4.57. The van der Waals surface area contributed by atoms with Crippen LogP contribution >= 0.6 is 0 Å². The first-order valence-electron chi connectivity index (χ1n) is 21.8.